The van der Waals surface area contributed by atoms with Crippen molar-refractivity contribution in [1.82, 2.24) is 0 Å². The van der Waals surface area contributed by atoms with E-state index in [0.717, 1.165) is 0 Å². The molecule has 1 heterocycles. The fourth-order valence-electron chi connectivity index (χ4n) is 2.03. The summed E-state index contributed by atoms with van der Waals surface area (Å²) in [5.74, 6) is -1.69. The van der Waals surface area contributed by atoms with Gasteiger partial charge in [-0.15, -0.1) is 0 Å². The van der Waals surface area contributed by atoms with Crippen molar-refractivity contribution in [1.29, 1.82) is 0 Å². The van der Waals surface area contributed by atoms with Crippen LogP contribution in [-0.2, 0) is 14.3 Å². The second-order valence-electron chi connectivity index (χ2n) is 4.96. The molecule has 108 valence electrons. The molecular weight excluding hydrogens is 263 g/mol. The minimum Gasteiger partial charge on any atom is -0.460 e. The molecule has 1 aromatic carbocycles. The Morgan fingerprint density at radius 3 is 2.95 bits per heavy atom. The van der Waals surface area contributed by atoms with Crippen LogP contribution in [0.15, 0.2) is 24.3 Å². The number of ketones is 1. The molecule has 0 N–H and O–H groups in total. The zero-order chi connectivity index (χ0) is 14.5. The fourth-order valence-corrected chi connectivity index (χ4v) is 2.03. The summed E-state index contributed by atoms with van der Waals surface area (Å²) in [5, 5.41) is 0. The Hall–Kier alpha value is -1.75. The molecule has 20 heavy (non-hydrogen) atoms. The molecule has 0 aliphatic carbocycles. The molecule has 0 amide bonds. The molecule has 1 aliphatic rings. The van der Waals surface area contributed by atoms with Gasteiger partial charge < -0.3 is 9.47 Å². The molecule has 0 unspecified atom stereocenters. The van der Waals surface area contributed by atoms with Crippen LogP contribution in [0.1, 0.15) is 30.1 Å². The van der Waals surface area contributed by atoms with Gasteiger partial charge in [0.05, 0.1) is 19.1 Å². The van der Waals surface area contributed by atoms with Gasteiger partial charge in [0, 0.05) is 18.4 Å². The molecule has 2 rings (SSSR count). The van der Waals surface area contributed by atoms with Gasteiger partial charge in [0.25, 0.3) is 0 Å². The third kappa shape index (κ3) is 3.87. The number of Topliss-reactive ketones (excluding diaryl/α,β-unsaturated/α-hetero) is 1. The zero-order valence-corrected chi connectivity index (χ0v) is 11.3. The third-order valence-electron chi connectivity index (χ3n) is 3.21. The van der Waals surface area contributed by atoms with Gasteiger partial charge >= 0.3 is 5.97 Å². The van der Waals surface area contributed by atoms with Gasteiger partial charge in [0.1, 0.15) is 11.9 Å². The first-order chi connectivity index (χ1) is 9.56. The van der Waals surface area contributed by atoms with Crippen LogP contribution in [0.3, 0.4) is 0 Å². The van der Waals surface area contributed by atoms with E-state index in [1.54, 1.807) is 6.92 Å². The highest BCUT2D eigenvalue weighted by Gasteiger charge is 2.25. The van der Waals surface area contributed by atoms with E-state index in [2.05, 4.69) is 0 Å². The van der Waals surface area contributed by atoms with E-state index in [1.165, 1.54) is 24.3 Å². The van der Waals surface area contributed by atoms with E-state index in [9.17, 15) is 14.0 Å². The van der Waals surface area contributed by atoms with E-state index < -0.39 is 17.7 Å². The highest BCUT2D eigenvalue weighted by atomic mass is 19.1. The molecule has 0 bridgehead atoms. The maximum Gasteiger partial charge on any atom is 0.309 e. The van der Waals surface area contributed by atoms with Crippen molar-refractivity contribution in [3.8, 4) is 0 Å². The third-order valence-corrected chi connectivity index (χ3v) is 3.21. The van der Waals surface area contributed by atoms with Crippen LogP contribution in [0, 0.1) is 11.7 Å². The first-order valence-electron chi connectivity index (χ1n) is 6.63. The van der Waals surface area contributed by atoms with Crippen LogP contribution >= 0.6 is 0 Å². The fraction of sp³-hybridized carbons (Fsp3) is 0.467. The lowest BCUT2D eigenvalue weighted by atomic mass is 10.00. The molecular formula is C15H17FO4. The van der Waals surface area contributed by atoms with Gasteiger partial charge in [0.15, 0.2) is 5.78 Å². The predicted molar refractivity (Wildman–Crippen MR) is 69.8 cm³/mol. The summed E-state index contributed by atoms with van der Waals surface area (Å²) in [6, 6.07) is 5.45. The first kappa shape index (κ1) is 14.7. The summed E-state index contributed by atoms with van der Waals surface area (Å²) in [7, 11) is 0. The molecule has 1 saturated heterocycles. The second kappa shape index (κ2) is 6.61. The van der Waals surface area contributed by atoms with Gasteiger partial charge in [-0.3, -0.25) is 9.59 Å². The topological polar surface area (TPSA) is 52.6 Å². The van der Waals surface area contributed by atoms with E-state index in [0.29, 0.717) is 19.6 Å². The summed E-state index contributed by atoms with van der Waals surface area (Å²) >= 11 is 0. The van der Waals surface area contributed by atoms with Crippen molar-refractivity contribution in [3.63, 3.8) is 0 Å². The van der Waals surface area contributed by atoms with Crippen LogP contribution in [0.5, 0.6) is 0 Å². The maximum absolute atomic E-state index is 13.0. The molecule has 0 spiro atoms. The highest BCUT2D eigenvalue weighted by Crippen LogP contribution is 2.16. The van der Waals surface area contributed by atoms with Gasteiger partial charge in [-0.05, 0) is 12.1 Å². The van der Waals surface area contributed by atoms with E-state index >= 15 is 0 Å². The molecule has 4 nitrogen and oxygen atoms in total. The van der Waals surface area contributed by atoms with Crippen LogP contribution in [0.2, 0.25) is 0 Å². The summed E-state index contributed by atoms with van der Waals surface area (Å²) in [5.41, 5.74) is 0.272. The quantitative estimate of drug-likeness (QED) is 0.614. The van der Waals surface area contributed by atoms with Crippen LogP contribution in [0.4, 0.5) is 4.39 Å². The molecule has 5 heteroatoms. The van der Waals surface area contributed by atoms with Crippen molar-refractivity contribution in [2.45, 2.75) is 25.9 Å². The molecule has 1 aromatic rings. The normalized spacial score (nSPS) is 19.6. The Labute approximate surface area is 116 Å². The number of esters is 1. The van der Waals surface area contributed by atoms with Crippen molar-refractivity contribution < 1.29 is 23.5 Å². The molecule has 2 atom stereocenters. The summed E-state index contributed by atoms with van der Waals surface area (Å²) in [4.78, 5) is 23.8. The number of benzene rings is 1. The molecule has 1 fully saturated rings. The largest absolute Gasteiger partial charge is 0.460 e. The average Bonchev–Trinajstić information content (AvgIpc) is 2.91. The number of hydrogen-bond acceptors (Lipinski definition) is 4. The van der Waals surface area contributed by atoms with Gasteiger partial charge in [0.2, 0.25) is 0 Å². The predicted octanol–water partition coefficient (Wildman–Crippen LogP) is 2.37. The minimum absolute atomic E-state index is 0.00979. The Morgan fingerprint density at radius 2 is 2.30 bits per heavy atom. The van der Waals surface area contributed by atoms with Crippen molar-refractivity contribution in [2.75, 3.05) is 13.2 Å². The average molecular weight is 280 g/mol. The van der Waals surface area contributed by atoms with Crippen molar-refractivity contribution in [2.24, 2.45) is 5.92 Å². The second-order valence-corrected chi connectivity index (χ2v) is 4.96. The van der Waals surface area contributed by atoms with E-state index in [1.807, 2.05) is 0 Å². The lowest BCUT2D eigenvalue weighted by Gasteiger charge is -2.14. The first-order valence-corrected chi connectivity index (χ1v) is 6.63. The molecule has 0 aromatic heterocycles. The summed E-state index contributed by atoms with van der Waals surface area (Å²) < 4.78 is 23.4. The molecule has 0 saturated carbocycles. The zero-order valence-electron chi connectivity index (χ0n) is 11.3. The van der Waals surface area contributed by atoms with Crippen LogP contribution in [0.25, 0.3) is 0 Å². The number of carbonyl (C=O) groups excluding carboxylic acids is 2. The van der Waals surface area contributed by atoms with E-state index in [4.69, 9.17) is 9.47 Å². The van der Waals surface area contributed by atoms with Gasteiger partial charge in [-0.1, -0.05) is 19.1 Å². The van der Waals surface area contributed by atoms with Crippen molar-refractivity contribution in [3.05, 3.63) is 35.6 Å². The number of ether oxygens (including phenoxy) is 2. The Bertz CT molecular complexity index is 494. The highest BCUT2D eigenvalue weighted by molar-refractivity contribution is 5.98. The number of hydrogen-bond donors (Lipinski definition) is 0. The van der Waals surface area contributed by atoms with Gasteiger partial charge in [-0.2, -0.15) is 0 Å². The smallest absolute Gasteiger partial charge is 0.309 e. The Kier molecular flexibility index (Phi) is 4.84. The summed E-state index contributed by atoms with van der Waals surface area (Å²) in [6.45, 7) is 2.64. The monoisotopic (exact) mass is 280 g/mol. The van der Waals surface area contributed by atoms with Gasteiger partial charge in [-0.25, -0.2) is 4.39 Å². The lowest BCUT2D eigenvalue weighted by Crippen LogP contribution is -2.24. The number of halogens is 1. The summed E-state index contributed by atoms with van der Waals surface area (Å²) in [6.07, 6.45) is 0.487. The molecule has 0 radical (unpaired) electrons. The van der Waals surface area contributed by atoms with Crippen molar-refractivity contribution >= 4 is 11.8 Å². The van der Waals surface area contributed by atoms with Crippen LogP contribution in [-0.4, -0.2) is 31.1 Å². The SMILES string of the molecule is C[C@@H](CC(=O)c1cccc(F)c1)C(=O)O[C@@H]1CCOC1. The Balaban J connectivity index is 1.88. The minimum atomic E-state index is -0.550. The standard InChI is InChI=1S/C15H17FO4/c1-10(15(18)20-13-5-6-19-9-13)7-14(17)11-3-2-4-12(16)8-11/h2-4,8,10,13H,5-7,9H2,1H3/t10-,13+/m0/s1. The number of rotatable bonds is 5. The maximum atomic E-state index is 13.0. The Morgan fingerprint density at radius 1 is 1.50 bits per heavy atom. The number of carbonyl (C=O) groups is 2. The molecule has 1 aliphatic heterocycles. The van der Waals surface area contributed by atoms with E-state index in [-0.39, 0.29) is 23.9 Å². The van der Waals surface area contributed by atoms with Crippen LogP contribution < -0.4 is 0 Å². The lowest BCUT2D eigenvalue weighted by molar-refractivity contribution is -0.153.